The van der Waals surface area contributed by atoms with Gasteiger partial charge in [0.15, 0.2) is 5.11 Å². The molecule has 6 heteroatoms. The highest BCUT2D eigenvalue weighted by Gasteiger charge is 2.04. The van der Waals surface area contributed by atoms with Crippen LogP contribution in [0.1, 0.15) is 11.1 Å². The van der Waals surface area contributed by atoms with Crippen LogP contribution in [-0.4, -0.2) is 18.3 Å². The van der Waals surface area contributed by atoms with E-state index in [1.165, 1.54) is 7.11 Å². The Hall–Kier alpha value is -1.82. The lowest BCUT2D eigenvalue weighted by Gasteiger charge is -2.14. The second-order valence-electron chi connectivity index (χ2n) is 3.46. The van der Waals surface area contributed by atoms with Gasteiger partial charge >= 0.3 is 6.09 Å². The zero-order chi connectivity index (χ0) is 12.8. The second-order valence-corrected chi connectivity index (χ2v) is 3.87. The van der Waals surface area contributed by atoms with E-state index in [9.17, 15) is 4.79 Å². The third kappa shape index (κ3) is 3.92. The number of anilines is 1. The lowest BCUT2D eigenvalue weighted by molar-refractivity contribution is 0.169. The predicted octanol–water partition coefficient (Wildman–Crippen LogP) is 1.86. The van der Waals surface area contributed by atoms with Crippen molar-refractivity contribution in [3.8, 4) is 0 Å². The van der Waals surface area contributed by atoms with Gasteiger partial charge in [-0.05, 0) is 37.2 Å². The molecule has 1 amide bonds. The summed E-state index contributed by atoms with van der Waals surface area (Å²) in [7, 11) is 1.28. The van der Waals surface area contributed by atoms with Gasteiger partial charge in [0, 0.05) is 5.69 Å². The van der Waals surface area contributed by atoms with Gasteiger partial charge in [-0.1, -0.05) is 18.2 Å². The van der Waals surface area contributed by atoms with Gasteiger partial charge in [-0.25, -0.2) is 10.2 Å². The molecule has 5 nitrogen and oxygen atoms in total. The third-order valence-electron chi connectivity index (χ3n) is 2.18. The number of amides is 1. The Morgan fingerprint density at radius 3 is 2.35 bits per heavy atom. The summed E-state index contributed by atoms with van der Waals surface area (Å²) in [6.07, 6.45) is -0.601. The van der Waals surface area contributed by atoms with Gasteiger partial charge in [-0.2, -0.15) is 0 Å². The zero-order valence-corrected chi connectivity index (χ0v) is 10.8. The molecule has 1 rings (SSSR count). The largest absolute Gasteiger partial charge is 0.452 e. The Morgan fingerprint density at radius 1 is 1.24 bits per heavy atom. The fraction of sp³-hybridized carbons (Fsp3) is 0.273. The molecule has 0 aliphatic carbocycles. The fourth-order valence-electron chi connectivity index (χ4n) is 1.32. The molecule has 0 bridgehead atoms. The number of carbonyl (C=O) groups is 1. The van der Waals surface area contributed by atoms with E-state index in [0.29, 0.717) is 5.11 Å². The van der Waals surface area contributed by atoms with Crippen LogP contribution >= 0.6 is 12.2 Å². The van der Waals surface area contributed by atoms with Gasteiger partial charge in [0.25, 0.3) is 0 Å². The summed E-state index contributed by atoms with van der Waals surface area (Å²) in [6, 6.07) is 5.93. The van der Waals surface area contributed by atoms with Gasteiger partial charge in [-0.3, -0.25) is 5.43 Å². The third-order valence-corrected chi connectivity index (χ3v) is 2.39. The van der Waals surface area contributed by atoms with E-state index < -0.39 is 6.09 Å². The molecule has 0 aromatic heterocycles. The Kier molecular flexibility index (Phi) is 4.71. The van der Waals surface area contributed by atoms with Crippen molar-refractivity contribution in [2.75, 3.05) is 12.4 Å². The van der Waals surface area contributed by atoms with Crippen molar-refractivity contribution >= 4 is 29.1 Å². The van der Waals surface area contributed by atoms with Gasteiger partial charge in [0.2, 0.25) is 0 Å². The van der Waals surface area contributed by atoms with Crippen molar-refractivity contribution in [1.82, 2.24) is 10.9 Å². The normalized spacial score (nSPS) is 9.35. The molecular formula is C11H15N3O2S. The number of para-hydroxylation sites is 1. The SMILES string of the molecule is COC(=O)NNC(=S)Nc1c(C)cccc1C. The number of nitrogens with one attached hydrogen (secondary N) is 3. The van der Waals surface area contributed by atoms with Gasteiger partial charge in [-0.15, -0.1) is 0 Å². The maximum atomic E-state index is 10.8. The summed E-state index contributed by atoms with van der Waals surface area (Å²) < 4.78 is 4.40. The first-order valence-electron chi connectivity index (χ1n) is 5.01. The number of ether oxygens (including phenoxy) is 1. The summed E-state index contributed by atoms with van der Waals surface area (Å²) in [6.45, 7) is 3.96. The summed E-state index contributed by atoms with van der Waals surface area (Å²) in [5.74, 6) is 0. The monoisotopic (exact) mass is 253 g/mol. The molecule has 0 unspecified atom stereocenters. The first-order chi connectivity index (χ1) is 8.04. The maximum absolute atomic E-state index is 10.8. The molecule has 0 saturated carbocycles. The topological polar surface area (TPSA) is 62.4 Å². The average molecular weight is 253 g/mol. The van der Waals surface area contributed by atoms with Crippen molar-refractivity contribution in [2.45, 2.75) is 13.8 Å². The molecule has 17 heavy (non-hydrogen) atoms. The standard InChI is InChI=1S/C11H15N3O2S/c1-7-5-4-6-8(2)9(7)12-10(17)13-14-11(15)16-3/h4-6H,1-3H3,(H,14,15)(H2,12,13,17). The van der Waals surface area contributed by atoms with Gasteiger partial charge in [0.05, 0.1) is 7.11 Å². The number of benzene rings is 1. The van der Waals surface area contributed by atoms with Crippen LogP contribution in [0.2, 0.25) is 0 Å². The minimum absolute atomic E-state index is 0.299. The number of aryl methyl sites for hydroxylation is 2. The number of thiocarbonyl (C=S) groups is 1. The molecule has 0 atom stereocenters. The van der Waals surface area contributed by atoms with E-state index in [2.05, 4.69) is 20.9 Å². The molecule has 3 N–H and O–H groups in total. The Bertz CT molecular complexity index is 414. The van der Waals surface area contributed by atoms with E-state index in [-0.39, 0.29) is 0 Å². The molecule has 0 aliphatic heterocycles. The molecule has 0 fully saturated rings. The molecular weight excluding hydrogens is 238 g/mol. The zero-order valence-electron chi connectivity index (χ0n) is 9.96. The van der Waals surface area contributed by atoms with E-state index in [1.54, 1.807) is 0 Å². The number of methoxy groups -OCH3 is 1. The van der Waals surface area contributed by atoms with Crippen LogP contribution in [0.15, 0.2) is 18.2 Å². The van der Waals surface area contributed by atoms with Crippen molar-refractivity contribution in [3.63, 3.8) is 0 Å². The molecule has 92 valence electrons. The first kappa shape index (κ1) is 13.2. The first-order valence-corrected chi connectivity index (χ1v) is 5.42. The van der Waals surface area contributed by atoms with Crippen molar-refractivity contribution < 1.29 is 9.53 Å². The molecule has 0 aliphatic rings. The Morgan fingerprint density at radius 2 is 1.82 bits per heavy atom. The molecule has 0 heterocycles. The number of carbonyl (C=O) groups excluding carboxylic acids is 1. The Labute approximate surface area is 106 Å². The van der Waals surface area contributed by atoms with Crippen molar-refractivity contribution in [1.29, 1.82) is 0 Å². The van der Waals surface area contributed by atoms with Crippen molar-refractivity contribution in [2.24, 2.45) is 0 Å². The van der Waals surface area contributed by atoms with Crippen LogP contribution in [0, 0.1) is 13.8 Å². The van der Waals surface area contributed by atoms with Crippen LogP contribution in [0.4, 0.5) is 10.5 Å². The number of rotatable bonds is 1. The number of hydrazine groups is 1. The molecule has 1 aromatic rings. The van der Waals surface area contributed by atoms with E-state index in [1.807, 2.05) is 32.0 Å². The highest BCUT2D eigenvalue weighted by Crippen LogP contribution is 2.18. The summed E-state index contributed by atoms with van der Waals surface area (Å²) in [4.78, 5) is 10.8. The van der Waals surface area contributed by atoms with Gasteiger partial charge in [0.1, 0.15) is 0 Å². The lowest BCUT2D eigenvalue weighted by Crippen LogP contribution is -2.43. The summed E-state index contributed by atoms with van der Waals surface area (Å²) in [5.41, 5.74) is 7.89. The molecule has 1 aromatic carbocycles. The smallest absolute Gasteiger partial charge is 0.425 e. The van der Waals surface area contributed by atoms with Crippen LogP contribution in [0.5, 0.6) is 0 Å². The van der Waals surface area contributed by atoms with Crippen LogP contribution in [0.25, 0.3) is 0 Å². The summed E-state index contributed by atoms with van der Waals surface area (Å²) in [5, 5.41) is 3.31. The van der Waals surface area contributed by atoms with E-state index in [4.69, 9.17) is 12.2 Å². The maximum Gasteiger partial charge on any atom is 0.425 e. The minimum atomic E-state index is -0.601. The van der Waals surface area contributed by atoms with Crippen molar-refractivity contribution in [3.05, 3.63) is 29.3 Å². The predicted molar refractivity (Wildman–Crippen MR) is 70.8 cm³/mol. The van der Waals surface area contributed by atoms with Crippen LogP contribution in [0.3, 0.4) is 0 Å². The fourth-order valence-corrected chi connectivity index (χ4v) is 1.47. The molecule has 0 spiro atoms. The van der Waals surface area contributed by atoms with Gasteiger partial charge < -0.3 is 10.1 Å². The quantitative estimate of drug-likeness (QED) is 0.527. The highest BCUT2D eigenvalue weighted by atomic mass is 32.1. The van der Waals surface area contributed by atoms with Crippen LogP contribution < -0.4 is 16.2 Å². The number of hydrogen-bond acceptors (Lipinski definition) is 3. The second kappa shape index (κ2) is 6.05. The molecule has 0 radical (unpaired) electrons. The van der Waals surface area contributed by atoms with Crippen LogP contribution in [-0.2, 0) is 4.74 Å². The van der Waals surface area contributed by atoms with E-state index in [0.717, 1.165) is 16.8 Å². The lowest BCUT2D eigenvalue weighted by atomic mass is 10.1. The Balaban J connectivity index is 2.59. The molecule has 0 saturated heterocycles. The highest BCUT2D eigenvalue weighted by molar-refractivity contribution is 7.80. The average Bonchev–Trinajstić information content (AvgIpc) is 2.31. The summed E-state index contributed by atoms with van der Waals surface area (Å²) >= 11 is 5.03. The van der Waals surface area contributed by atoms with E-state index >= 15 is 0 Å². The minimum Gasteiger partial charge on any atom is -0.452 e. The number of hydrogen-bond donors (Lipinski definition) is 3.